The zero-order chi connectivity index (χ0) is 30.6. The van der Waals surface area contributed by atoms with Crippen LogP contribution in [0.15, 0.2) is 152 Å². The molecule has 2 aromatic heterocycles. The van der Waals surface area contributed by atoms with Crippen molar-refractivity contribution in [3.8, 4) is 28.2 Å². The Kier molecular flexibility index (Phi) is 4.84. The molecule has 0 saturated carbocycles. The molecule has 3 heteroatoms. The number of nitrogens with zero attached hydrogens (tertiary/aromatic N) is 3. The Morgan fingerprint density at radius 2 is 0.894 bits per heavy atom. The topological polar surface area (TPSA) is 30.7 Å². The third-order valence-corrected chi connectivity index (χ3v) is 10.1. The zero-order valence-corrected chi connectivity index (χ0v) is 25.3. The van der Waals surface area contributed by atoms with Gasteiger partial charge >= 0.3 is 0 Å². The maximum atomic E-state index is 5.42. The van der Waals surface area contributed by atoms with E-state index in [1.165, 1.54) is 59.4 Å². The zero-order valence-electron chi connectivity index (χ0n) is 25.3. The molecule has 0 unspecified atom stereocenters. The van der Waals surface area contributed by atoms with Crippen LogP contribution >= 0.6 is 0 Å². The molecule has 11 aromatic rings. The van der Waals surface area contributed by atoms with E-state index in [0.717, 1.165) is 44.7 Å². The molecule has 3 nitrogen and oxygen atoms in total. The fourth-order valence-electron chi connectivity index (χ4n) is 8.13. The van der Waals surface area contributed by atoms with Crippen molar-refractivity contribution in [2.24, 2.45) is 0 Å². The van der Waals surface area contributed by atoms with Gasteiger partial charge in [-0.15, -0.1) is 0 Å². The van der Waals surface area contributed by atoms with Crippen LogP contribution < -0.4 is 0 Å². The van der Waals surface area contributed by atoms with Gasteiger partial charge in [-0.3, -0.25) is 4.57 Å². The first kappa shape index (κ1) is 24.9. The largest absolute Gasteiger partial charge is 0.292 e. The molecule has 0 spiro atoms. The van der Waals surface area contributed by atoms with Crippen molar-refractivity contribution in [2.45, 2.75) is 0 Å². The van der Waals surface area contributed by atoms with E-state index >= 15 is 0 Å². The lowest BCUT2D eigenvalue weighted by atomic mass is 9.86. The van der Waals surface area contributed by atoms with E-state index in [-0.39, 0.29) is 0 Å². The number of fused-ring (bicyclic) bond motifs is 5. The fraction of sp³-hybridized carbons (Fsp3) is 0. The molecule has 0 atom stereocenters. The van der Waals surface area contributed by atoms with E-state index in [4.69, 9.17) is 9.97 Å². The highest BCUT2D eigenvalue weighted by molar-refractivity contribution is 6.44. The highest BCUT2D eigenvalue weighted by Crippen LogP contribution is 2.49. The Bertz CT molecular complexity index is 3010. The first-order valence-electron chi connectivity index (χ1n) is 16.1. The van der Waals surface area contributed by atoms with Crippen molar-refractivity contribution >= 4 is 75.9 Å². The summed E-state index contributed by atoms with van der Waals surface area (Å²) in [5.74, 6) is 0.841. The Labute approximate surface area is 269 Å². The lowest BCUT2D eigenvalue weighted by Crippen LogP contribution is -2.03. The van der Waals surface area contributed by atoms with Gasteiger partial charge in [-0.1, -0.05) is 121 Å². The maximum absolute atomic E-state index is 5.42. The summed E-state index contributed by atoms with van der Waals surface area (Å²) in [7, 11) is 0. The molecule has 0 aliphatic heterocycles. The highest BCUT2D eigenvalue weighted by atomic mass is 15.1. The van der Waals surface area contributed by atoms with Gasteiger partial charge < -0.3 is 0 Å². The molecule has 0 bridgehead atoms. The molecular weight excluding hydrogens is 571 g/mol. The molecule has 0 amide bonds. The van der Waals surface area contributed by atoms with Crippen molar-refractivity contribution in [2.75, 3.05) is 0 Å². The molecule has 216 valence electrons. The number of para-hydroxylation sites is 2. The summed E-state index contributed by atoms with van der Waals surface area (Å²) in [6.45, 7) is 0. The molecule has 0 saturated heterocycles. The third-order valence-electron chi connectivity index (χ3n) is 10.1. The predicted octanol–water partition coefficient (Wildman–Crippen LogP) is 11.5. The summed E-state index contributed by atoms with van der Waals surface area (Å²) in [6.07, 6.45) is 0. The van der Waals surface area contributed by atoms with Crippen LogP contribution in [0.1, 0.15) is 0 Å². The quantitative estimate of drug-likeness (QED) is 0.150. The van der Waals surface area contributed by atoms with Crippen LogP contribution in [0.3, 0.4) is 0 Å². The monoisotopic (exact) mass is 595 g/mol. The van der Waals surface area contributed by atoms with E-state index in [0.29, 0.717) is 0 Å². The van der Waals surface area contributed by atoms with Gasteiger partial charge in [0.1, 0.15) is 5.69 Å². The van der Waals surface area contributed by atoms with Gasteiger partial charge in [0.15, 0.2) is 5.82 Å². The number of hydrogen-bond acceptors (Lipinski definition) is 2. The van der Waals surface area contributed by atoms with E-state index in [1.807, 2.05) is 12.1 Å². The molecular formula is C44H25N3. The molecule has 0 aliphatic rings. The number of rotatable bonds is 3. The van der Waals surface area contributed by atoms with Crippen LogP contribution in [0.2, 0.25) is 0 Å². The van der Waals surface area contributed by atoms with Crippen LogP contribution in [-0.4, -0.2) is 14.5 Å². The first-order chi connectivity index (χ1) is 23.3. The molecule has 47 heavy (non-hydrogen) atoms. The van der Waals surface area contributed by atoms with Crippen molar-refractivity contribution in [1.82, 2.24) is 14.5 Å². The van der Waals surface area contributed by atoms with Gasteiger partial charge in [-0.05, 0) is 79.2 Å². The minimum absolute atomic E-state index is 0.841. The second-order valence-corrected chi connectivity index (χ2v) is 12.5. The summed E-state index contributed by atoms with van der Waals surface area (Å²) < 4.78 is 2.37. The van der Waals surface area contributed by atoms with Crippen molar-refractivity contribution < 1.29 is 0 Å². The van der Waals surface area contributed by atoms with Crippen molar-refractivity contribution in [3.05, 3.63) is 152 Å². The lowest BCUT2D eigenvalue weighted by molar-refractivity contribution is 1.08. The van der Waals surface area contributed by atoms with Crippen LogP contribution in [0.5, 0.6) is 0 Å². The number of benzene rings is 9. The van der Waals surface area contributed by atoms with Crippen LogP contribution in [0.25, 0.3) is 104 Å². The molecule has 11 rings (SSSR count). The van der Waals surface area contributed by atoms with E-state index in [2.05, 4.69) is 144 Å². The standard InChI is InChI=1S/C44H25N3/c1-2-11-26(12-3-1)27-13-8-14-28(25-27)43-44(46-36-21-7-6-20-35(36)45-43)47-37-22-10-19-33-32-18-9-17-31-29-15-4-5-16-30(29)34-23-24-38(47)42(40(33)37)41(34)39(31)32/h1-25H. The SMILES string of the molecule is c1ccc(-c2cccc(-c3nc4ccccc4nc3-n3c4cccc5c6cccc7c8ccccc8c8ccc3c(c8c76)c54)c2)cc1. The van der Waals surface area contributed by atoms with Gasteiger partial charge in [0.05, 0.1) is 22.1 Å². The van der Waals surface area contributed by atoms with Gasteiger partial charge in [-0.2, -0.15) is 0 Å². The van der Waals surface area contributed by atoms with Crippen molar-refractivity contribution in [3.63, 3.8) is 0 Å². The van der Waals surface area contributed by atoms with Crippen LogP contribution in [0.4, 0.5) is 0 Å². The summed E-state index contributed by atoms with van der Waals surface area (Å²) in [5, 5.41) is 13.0. The summed E-state index contributed by atoms with van der Waals surface area (Å²) in [6, 6.07) is 54.4. The van der Waals surface area contributed by atoms with Gasteiger partial charge in [0.2, 0.25) is 0 Å². The molecule has 0 fully saturated rings. The smallest absolute Gasteiger partial charge is 0.165 e. The molecule has 0 N–H and O–H groups in total. The maximum Gasteiger partial charge on any atom is 0.165 e. The van der Waals surface area contributed by atoms with Gasteiger partial charge in [-0.25, -0.2) is 9.97 Å². The minimum Gasteiger partial charge on any atom is -0.292 e. The van der Waals surface area contributed by atoms with E-state index < -0.39 is 0 Å². The summed E-state index contributed by atoms with van der Waals surface area (Å²) >= 11 is 0. The fourth-order valence-corrected chi connectivity index (χ4v) is 8.13. The molecule has 9 aromatic carbocycles. The molecule has 0 radical (unpaired) electrons. The number of hydrogen-bond donors (Lipinski definition) is 0. The van der Waals surface area contributed by atoms with Crippen LogP contribution in [-0.2, 0) is 0 Å². The average molecular weight is 596 g/mol. The summed E-state index contributed by atoms with van der Waals surface area (Å²) in [4.78, 5) is 10.8. The summed E-state index contributed by atoms with van der Waals surface area (Å²) in [5.41, 5.74) is 8.29. The predicted molar refractivity (Wildman–Crippen MR) is 197 cm³/mol. The van der Waals surface area contributed by atoms with Gasteiger partial charge in [0.25, 0.3) is 0 Å². The Morgan fingerprint density at radius 1 is 0.340 bits per heavy atom. The Hall–Kier alpha value is -6.32. The van der Waals surface area contributed by atoms with E-state index in [9.17, 15) is 0 Å². The first-order valence-corrected chi connectivity index (χ1v) is 16.1. The van der Waals surface area contributed by atoms with E-state index in [1.54, 1.807) is 0 Å². The Morgan fingerprint density at radius 3 is 1.70 bits per heavy atom. The lowest BCUT2D eigenvalue weighted by Gasteiger charge is -2.16. The molecule has 0 aliphatic carbocycles. The third kappa shape index (κ3) is 3.30. The highest BCUT2D eigenvalue weighted by Gasteiger charge is 2.25. The average Bonchev–Trinajstić information content (AvgIpc) is 3.49. The van der Waals surface area contributed by atoms with Crippen LogP contribution in [0, 0.1) is 0 Å². The van der Waals surface area contributed by atoms with Crippen molar-refractivity contribution in [1.29, 1.82) is 0 Å². The molecule has 2 heterocycles. The second kappa shape index (κ2) is 9.12. The Balaban J connectivity index is 1.32. The second-order valence-electron chi connectivity index (χ2n) is 12.5. The number of aromatic nitrogens is 3. The van der Waals surface area contributed by atoms with Gasteiger partial charge in [0, 0.05) is 21.7 Å². The minimum atomic E-state index is 0.841. The normalized spacial score (nSPS) is 12.3.